The average molecular weight is 590 g/mol. The zero-order chi connectivity index (χ0) is 31.1. The van der Waals surface area contributed by atoms with Gasteiger partial charge in [0, 0.05) is 44.1 Å². The molecular weight excluding hydrogens is 554 g/mol. The summed E-state index contributed by atoms with van der Waals surface area (Å²) in [6.45, 7) is 7.25. The Bertz CT molecular complexity index is 2470. The molecular formula is C41H35NO3. The van der Waals surface area contributed by atoms with Crippen molar-refractivity contribution in [3.63, 3.8) is 0 Å². The molecule has 1 aliphatic rings. The Labute approximate surface area is 261 Å². The summed E-state index contributed by atoms with van der Waals surface area (Å²) in [5.41, 5.74) is 4.39. The van der Waals surface area contributed by atoms with Crippen molar-refractivity contribution in [3.05, 3.63) is 99.1 Å². The fraction of sp³-hybridized carbons (Fsp3) is 0.244. The highest BCUT2D eigenvalue weighted by Crippen LogP contribution is 2.47. The number of carbonyl (C=O) groups is 2. The SMILES string of the molecule is CC=c1c2ccc3c4ccc(C(C)=O)c5c(C(C)=O)ccc(c6c(-c7ccc(C)cc7)cc(c(=O)n1C1CCCCC1)c2c36)c54. The van der Waals surface area contributed by atoms with E-state index in [1.54, 1.807) is 13.8 Å². The van der Waals surface area contributed by atoms with E-state index >= 15 is 0 Å². The Balaban J connectivity index is 1.67. The molecule has 7 aromatic rings. The van der Waals surface area contributed by atoms with Gasteiger partial charge < -0.3 is 4.57 Å². The molecule has 222 valence electrons. The van der Waals surface area contributed by atoms with Crippen LogP contribution in [-0.2, 0) is 0 Å². The number of aryl methyl sites for hydroxylation is 1. The highest BCUT2D eigenvalue weighted by molar-refractivity contribution is 6.41. The molecule has 4 heteroatoms. The van der Waals surface area contributed by atoms with Crippen LogP contribution < -0.4 is 10.9 Å². The van der Waals surface area contributed by atoms with Crippen LogP contribution in [-0.4, -0.2) is 16.1 Å². The van der Waals surface area contributed by atoms with Crippen molar-refractivity contribution in [2.24, 2.45) is 0 Å². The average Bonchev–Trinajstić information content (AvgIpc) is 3.05. The third-order valence-corrected chi connectivity index (χ3v) is 10.3. The van der Waals surface area contributed by atoms with Crippen LogP contribution in [0, 0.1) is 6.92 Å². The number of hydrogen-bond donors (Lipinski definition) is 0. The predicted molar refractivity (Wildman–Crippen MR) is 187 cm³/mol. The highest BCUT2D eigenvalue weighted by Gasteiger charge is 2.26. The van der Waals surface area contributed by atoms with Gasteiger partial charge >= 0.3 is 0 Å². The number of nitrogens with zero attached hydrogens (tertiary/aromatic N) is 1. The maximum atomic E-state index is 14.7. The molecule has 1 fully saturated rings. The molecule has 8 rings (SSSR count). The lowest BCUT2D eigenvalue weighted by Crippen LogP contribution is -2.38. The molecule has 1 saturated carbocycles. The maximum absolute atomic E-state index is 14.7. The van der Waals surface area contributed by atoms with E-state index in [0.717, 1.165) is 90.6 Å². The number of hydrogen-bond acceptors (Lipinski definition) is 3. The monoisotopic (exact) mass is 589 g/mol. The molecule has 0 amide bonds. The van der Waals surface area contributed by atoms with E-state index in [4.69, 9.17) is 0 Å². The minimum Gasteiger partial charge on any atom is -0.305 e. The smallest absolute Gasteiger partial charge is 0.259 e. The molecule has 1 aliphatic carbocycles. The normalized spacial score (nSPS) is 15.0. The van der Waals surface area contributed by atoms with Gasteiger partial charge in [-0.3, -0.25) is 14.4 Å². The lowest BCUT2D eigenvalue weighted by atomic mass is 9.81. The first-order valence-corrected chi connectivity index (χ1v) is 16.1. The molecule has 0 aliphatic heterocycles. The number of Topliss-reactive ketones (excluding diaryl/α,β-unsaturated/α-hetero) is 2. The molecule has 0 N–H and O–H groups in total. The van der Waals surface area contributed by atoms with Crippen molar-refractivity contribution < 1.29 is 9.59 Å². The van der Waals surface area contributed by atoms with E-state index in [2.05, 4.69) is 60.0 Å². The fourth-order valence-corrected chi connectivity index (χ4v) is 8.29. The largest absolute Gasteiger partial charge is 0.305 e. The summed E-state index contributed by atoms with van der Waals surface area (Å²) in [7, 11) is 0. The van der Waals surface area contributed by atoms with E-state index < -0.39 is 0 Å². The van der Waals surface area contributed by atoms with E-state index in [0.29, 0.717) is 16.5 Å². The van der Waals surface area contributed by atoms with E-state index in [9.17, 15) is 14.4 Å². The molecule has 4 nitrogen and oxygen atoms in total. The molecule has 0 saturated heterocycles. The van der Waals surface area contributed by atoms with Gasteiger partial charge in [-0.25, -0.2) is 0 Å². The first kappa shape index (κ1) is 27.7. The second kappa shape index (κ2) is 10.1. The van der Waals surface area contributed by atoms with Crippen molar-refractivity contribution in [2.45, 2.75) is 65.8 Å². The van der Waals surface area contributed by atoms with E-state index in [1.807, 2.05) is 31.2 Å². The van der Waals surface area contributed by atoms with Gasteiger partial charge in [0.15, 0.2) is 11.6 Å². The number of ketones is 2. The minimum atomic E-state index is -0.0675. The molecule has 1 heterocycles. The molecule has 1 aromatic heterocycles. The third kappa shape index (κ3) is 3.88. The first-order valence-electron chi connectivity index (χ1n) is 16.1. The van der Waals surface area contributed by atoms with Crippen molar-refractivity contribution in [1.29, 1.82) is 0 Å². The number of aromatic nitrogens is 1. The highest BCUT2D eigenvalue weighted by atomic mass is 16.1. The minimum absolute atomic E-state index is 0.0675. The molecule has 45 heavy (non-hydrogen) atoms. The Morgan fingerprint density at radius 3 is 1.89 bits per heavy atom. The quantitative estimate of drug-likeness (QED) is 0.117. The van der Waals surface area contributed by atoms with Crippen LogP contribution in [0.4, 0.5) is 0 Å². The van der Waals surface area contributed by atoms with Gasteiger partial charge in [-0.1, -0.05) is 91.6 Å². The lowest BCUT2D eigenvalue weighted by Gasteiger charge is -2.27. The zero-order valence-corrected chi connectivity index (χ0v) is 26.2. The van der Waals surface area contributed by atoms with Crippen molar-refractivity contribution >= 4 is 71.5 Å². The second-order valence-corrected chi connectivity index (χ2v) is 12.9. The molecule has 0 unspecified atom stereocenters. The summed E-state index contributed by atoms with van der Waals surface area (Å²) in [4.78, 5) is 40.6. The number of benzene rings is 6. The lowest BCUT2D eigenvalue weighted by molar-refractivity contribution is 0.101. The predicted octanol–water partition coefficient (Wildman–Crippen LogP) is 9.46. The summed E-state index contributed by atoms with van der Waals surface area (Å²) in [6, 6.07) is 23.0. The summed E-state index contributed by atoms with van der Waals surface area (Å²) >= 11 is 0. The number of pyridine rings is 1. The van der Waals surface area contributed by atoms with Gasteiger partial charge in [0.05, 0.1) is 0 Å². The molecule has 0 radical (unpaired) electrons. The van der Waals surface area contributed by atoms with Crippen molar-refractivity contribution in [1.82, 2.24) is 4.57 Å². The number of carbonyl (C=O) groups excluding carboxylic acids is 2. The summed E-state index contributed by atoms with van der Waals surface area (Å²) in [5.74, 6) is -0.135. The summed E-state index contributed by atoms with van der Waals surface area (Å²) < 4.78 is 2.09. The molecule has 0 spiro atoms. The topological polar surface area (TPSA) is 56.1 Å². The number of rotatable bonds is 4. The Morgan fingerprint density at radius 2 is 1.24 bits per heavy atom. The van der Waals surface area contributed by atoms with Gasteiger partial charge in [0.25, 0.3) is 5.56 Å². The van der Waals surface area contributed by atoms with Crippen LogP contribution >= 0.6 is 0 Å². The van der Waals surface area contributed by atoms with Gasteiger partial charge in [-0.05, 0) is 90.0 Å². The molecule has 0 bridgehead atoms. The maximum Gasteiger partial charge on any atom is 0.259 e. The van der Waals surface area contributed by atoms with Gasteiger partial charge in [0.1, 0.15) is 0 Å². The van der Waals surface area contributed by atoms with Crippen LogP contribution in [0.3, 0.4) is 0 Å². The van der Waals surface area contributed by atoms with Crippen LogP contribution in [0.1, 0.15) is 85.2 Å². The van der Waals surface area contributed by atoms with Crippen LogP contribution in [0.5, 0.6) is 0 Å². The van der Waals surface area contributed by atoms with E-state index in [1.165, 1.54) is 12.0 Å². The molecule has 0 atom stereocenters. The summed E-state index contributed by atoms with van der Waals surface area (Å²) in [6.07, 6.45) is 7.67. The Kier molecular flexibility index (Phi) is 6.22. The van der Waals surface area contributed by atoms with Crippen LogP contribution in [0.2, 0.25) is 0 Å². The van der Waals surface area contributed by atoms with E-state index in [-0.39, 0.29) is 23.2 Å². The van der Waals surface area contributed by atoms with Gasteiger partial charge in [-0.15, -0.1) is 0 Å². The Hall–Kier alpha value is -4.83. The fourth-order valence-electron chi connectivity index (χ4n) is 8.29. The first-order chi connectivity index (χ1) is 21.8. The van der Waals surface area contributed by atoms with Gasteiger partial charge in [-0.2, -0.15) is 0 Å². The van der Waals surface area contributed by atoms with Crippen molar-refractivity contribution in [2.75, 3.05) is 0 Å². The zero-order valence-electron chi connectivity index (χ0n) is 26.2. The molecule has 6 aromatic carbocycles. The second-order valence-electron chi connectivity index (χ2n) is 12.9. The standard InChI is InChI=1S/C41H35NO3/c1-5-35-31-19-18-30-29-17-15-27(23(3)43)36-28(24(4)44)16-20-32(37(29)36)39-33(25-13-11-22(2)12-14-25)21-34(38(31)40(30)39)41(45)42(35)26-9-7-6-8-10-26/h5,11-21,26H,6-10H2,1-4H3. The van der Waals surface area contributed by atoms with Crippen LogP contribution in [0.15, 0.2) is 71.5 Å². The summed E-state index contributed by atoms with van der Waals surface area (Å²) in [5, 5.41) is 10.6. The van der Waals surface area contributed by atoms with Gasteiger partial charge in [0.2, 0.25) is 0 Å². The van der Waals surface area contributed by atoms with Crippen LogP contribution in [0.25, 0.3) is 71.1 Å². The Morgan fingerprint density at radius 1 is 0.667 bits per heavy atom. The third-order valence-electron chi connectivity index (χ3n) is 10.3. The number of fused-ring (bicyclic) bond motifs is 2. The van der Waals surface area contributed by atoms with Crippen molar-refractivity contribution in [3.8, 4) is 11.1 Å².